The molecular weight excluding hydrogens is 324 g/mol. The minimum absolute atomic E-state index is 0.0190. The Hall–Kier alpha value is -2.38. The van der Waals surface area contributed by atoms with Crippen LogP contribution in [0.4, 0.5) is 15.5 Å². The van der Waals surface area contributed by atoms with Crippen molar-refractivity contribution in [3.63, 3.8) is 0 Å². The second kappa shape index (κ2) is 7.46. The largest absolute Gasteiger partial charge is 0.333 e. The van der Waals surface area contributed by atoms with E-state index in [-0.39, 0.29) is 18.0 Å². The summed E-state index contributed by atoms with van der Waals surface area (Å²) in [5.74, 6) is 0.0190. The molecule has 0 spiro atoms. The highest BCUT2D eigenvalue weighted by Crippen LogP contribution is 2.24. The zero-order chi connectivity index (χ0) is 16.9. The number of amides is 3. The van der Waals surface area contributed by atoms with Gasteiger partial charge in [0.25, 0.3) is 5.91 Å². The molecule has 0 radical (unpaired) electrons. The zero-order valence-corrected chi connectivity index (χ0v) is 14.2. The third kappa shape index (κ3) is 3.93. The van der Waals surface area contributed by atoms with Gasteiger partial charge < -0.3 is 15.5 Å². The Labute approximate surface area is 144 Å². The van der Waals surface area contributed by atoms with Crippen LogP contribution >= 0.6 is 11.3 Å². The van der Waals surface area contributed by atoms with E-state index in [0.717, 1.165) is 18.8 Å². The van der Waals surface area contributed by atoms with Gasteiger partial charge in [0.2, 0.25) is 0 Å². The van der Waals surface area contributed by atoms with Crippen molar-refractivity contribution in [1.29, 1.82) is 0 Å². The Bertz CT molecular complexity index is 716. The lowest BCUT2D eigenvalue weighted by molar-refractivity contribution is 0.0661. The summed E-state index contributed by atoms with van der Waals surface area (Å²) in [5, 5.41) is 9.43. The molecule has 24 heavy (non-hydrogen) atoms. The molecule has 1 aliphatic rings. The molecular formula is C17H20N4O2S. The second-order valence-corrected chi connectivity index (χ2v) is 6.74. The highest BCUT2D eigenvalue weighted by molar-refractivity contribution is 7.18. The Morgan fingerprint density at radius 3 is 2.71 bits per heavy atom. The van der Waals surface area contributed by atoms with E-state index in [4.69, 9.17) is 0 Å². The average molecular weight is 344 g/mol. The predicted molar refractivity (Wildman–Crippen MR) is 96.8 cm³/mol. The lowest BCUT2D eigenvalue weighted by Crippen LogP contribution is -2.52. The van der Waals surface area contributed by atoms with E-state index in [1.54, 1.807) is 12.1 Å². The van der Waals surface area contributed by atoms with E-state index < -0.39 is 0 Å². The van der Waals surface area contributed by atoms with Gasteiger partial charge in [-0.05, 0) is 31.2 Å². The number of hydrogen-bond acceptors (Lipinski definition) is 4. The summed E-state index contributed by atoms with van der Waals surface area (Å²) in [7, 11) is 0. The van der Waals surface area contributed by atoms with Crippen molar-refractivity contribution in [3.8, 4) is 0 Å². The van der Waals surface area contributed by atoms with Gasteiger partial charge >= 0.3 is 6.03 Å². The molecule has 3 amide bonds. The Morgan fingerprint density at radius 2 is 1.96 bits per heavy atom. The highest BCUT2D eigenvalue weighted by Gasteiger charge is 2.25. The molecule has 3 rings (SSSR count). The maximum atomic E-state index is 12.6. The SMILES string of the molecule is CC1CNCCN1C(=O)c1ccc(NC(=O)Nc2ccccc2)s1. The fourth-order valence-corrected chi connectivity index (χ4v) is 3.46. The average Bonchev–Trinajstić information content (AvgIpc) is 3.04. The molecule has 1 saturated heterocycles. The van der Waals surface area contributed by atoms with Crippen LogP contribution in [0.1, 0.15) is 16.6 Å². The van der Waals surface area contributed by atoms with Crippen LogP contribution in [0, 0.1) is 0 Å². The fourth-order valence-electron chi connectivity index (χ4n) is 2.60. The van der Waals surface area contributed by atoms with Gasteiger partial charge in [0, 0.05) is 31.4 Å². The first kappa shape index (κ1) is 16.5. The zero-order valence-electron chi connectivity index (χ0n) is 13.4. The van der Waals surface area contributed by atoms with Crippen LogP contribution in [0.2, 0.25) is 0 Å². The summed E-state index contributed by atoms with van der Waals surface area (Å²) < 4.78 is 0. The molecule has 126 valence electrons. The summed E-state index contributed by atoms with van der Waals surface area (Å²) in [5.41, 5.74) is 0.720. The number of hydrogen-bond donors (Lipinski definition) is 3. The van der Waals surface area contributed by atoms with E-state index in [0.29, 0.717) is 16.4 Å². The normalized spacial score (nSPS) is 17.4. The van der Waals surface area contributed by atoms with E-state index in [1.807, 2.05) is 42.2 Å². The van der Waals surface area contributed by atoms with E-state index >= 15 is 0 Å². The predicted octanol–water partition coefficient (Wildman–Crippen LogP) is 2.83. The van der Waals surface area contributed by atoms with Gasteiger partial charge in [0.05, 0.1) is 9.88 Å². The maximum absolute atomic E-state index is 12.6. The molecule has 1 fully saturated rings. The van der Waals surface area contributed by atoms with Crippen molar-refractivity contribution in [2.45, 2.75) is 13.0 Å². The van der Waals surface area contributed by atoms with Gasteiger partial charge in [-0.3, -0.25) is 10.1 Å². The Morgan fingerprint density at radius 1 is 1.17 bits per heavy atom. The number of benzene rings is 1. The lowest BCUT2D eigenvalue weighted by atomic mass is 10.2. The van der Waals surface area contributed by atoms with Crippen LogP contribution in [0.25, 0.3) is 0 Å². The molecule has 3 N–H and O–H groups in total. The van der Waals surface area contributed by atoms with E-state index in [9.17, 15) is 9.59 Å². The molecule has 6 nitrogen and oxygen atoms in total. The van der Waals surface area contributed by atoms with Crippen molar-refractivity contribution in [3.05, 3.63) is 47.3 Å². The molecule has 2 aromatic rings. The van der Waals surface area contributed by atoms with Gasteiger partial charge in [0.1, 0.15) is 0 Å². The lowest BCUT2D eigenvalue weighted by Gasteiger charge is -2.33. The van der Waals surface area contributed by atoms with Crippen LogP contribution in [-0.2, 0) is 0 Å². The van der Waals surface area contributed by atoms with Gasteiger partial charge in [-0.1, -0.05) is 18.2 Å². The number of piperazine rings is 1. The van der Waals surface area contributed by atoms with Gasteiger partial charge in [-0.25, -0.2) is 4.79 Å². The summed E-state index contributed by atoms with van der Waals surface area (Å²) in [6.07, 6.45) is 0. The first-order chi connectivity index (χ1) is 11.6. The van der Waals surface area contributed by atoms with Crippen LogP contribution in [-0.4, -0.2) is 42.5 Å². The fraction of sp³-hybridized carbons (Fsp3) is 0.294. The van der Waals surface area contributed by atoms with E-state index in [2.05, 4.69) is 16.0 Å². The molecule has 1 aromatic carbocycles. The molecule has 0 bridgehead atoms. The molecule has 2 heterocycles. The molecule has 0 aliphatic carbocycles. The van der Waals surface area contributed by atoms with Crippen LogP contribution < -0.4 is 16.0 Å². The first-order valence-corrected chi connectivity index (χ1v) is 8.70. The van der Waals surface area contributed by atoms with Crippen LogP contribution in [0.15, 0.2) is 42.5 Å². The Balaban J connectivity index is 1.60. The van der Waals surface area contributed by atoms with Gasteiger partial charge in [0.15, 0.2) is 0 Å². The molecule has 1 aromatic heterocycles. The van der Waals surface area contributed by atoms with Crippen molar-refractivity contribution in [2.75, 3.05) is 30.3 Å². The summed E-state index contributed by atoms with van der Waals surface area (Å²) in [4.78, 5) is 27.1. The number of nitrogens with zero attached hydrogens (tertiary/aromatic N) is 1. The van der Waals surface area contributed by atoms with Crippen molar-refractivity contribution in [2.24, 2.45) is 0 Å². The number of rotatable bonds is 3. The van der Waals surface area contributed by atoms with Crippen molar-refractivity contribution >= 4 is 34.0 Å². The Kier molecular flexibility index (Phi) is 5.12. The number of urea groups is 1. The van der Waals surface area contributed by atoms with Gasteiger partial charge in [-0.2, -0.15) is 0 Å². The molecule has 1 unspecified atom stereocenters. The first-order valence-electron chi connectivity index (χ1n) is 7.88. The molecule has 1 aliphatic heterocycles. The minimum Gasteiger partial charge on any atom is -0.333 e. The highest BCUT2D eigenvalue weighted by atomic mass is 32.1. The van der Waals surface area contributed by atoms with Crippen molar-refractivity contribution in [1.82, 2.24) is 10.2 Å². The molecule has 1 atom stereocenters. The van der Waals surface area contributed by atoms with Crippen LogP contribution in [0.5, 0.6) is 0 Å². The van der Waals surface area contributed by atoms with Crippen molar-refractivity contribution < 1.29 is 9.59 Å². The monoisotopic (exact) mass is 344 g/mol. The van der Waals surface area contributed by atoms with Gasteiger partial charge in [-0.15, -0.1) is 11.3 Å². The number of nitrogens with one attached hydrogen (secondary N) is 3. The number of carbonyl (C=O) groups is 2. The smallest absolute Gasteiger partial charge is 0.324 e. The summed E-state index contributed by atoms with van der Waals surface area (Å²) in [6.45, 7) is 4.35. The number of carbonyl (C=O) groups excluding carboxylic acids is 2. The topological polar surface area (TPSA) is 73.5 Å². The quantitative estimate of drug-likeness (QED) is 0.802. The number of para-hydroxylation sites is 1. The number of thiophene rings is 1. The third-order valence-electron chi connectivity index (χ3n) is 3.85. The molecule has 7 heteroatoms. The second-order valence-electron chi connectivity index (χ2n) is 5.66. The molecule has 0 saturated carbocycles. The van der Waals surface area contributed by atoms with Crippen LogP contribution in [0.3, 0.4) is 0 Å². The maximum Gasteiger partial charge on any atom is 0.324 e. The standard InChI is InChI=1S/C17H20N4O2S/c1-12-11-18-9-10-21(12)16(22)14-7-8-15(24-14)20-17(23)19-13-5-3-2-4-6-13/h2-8,12,18H,9-11H2,1H3,(H2,19,20,23). The van der Waals surface area contributed by atoms with E-state index in [1.165, 1.54) is 11.3 Å². The third-order valence-corrected chi connectivity index (χ3v) is 4.84. The summed E-state index contributed by atoms with van der Waals surface area (Å²) >= 11 is 1.29. The number of anilines is 2. The minimum atomic E-state index is -0.322. The summed E-state index contributed by atoms with van der Waals surface area (Å²) in [6, 6.07) is 12.6.